The van der Waals surface area contributed by atoms with Gasteiger partial charge in [-0.25, -0.2) is 4.79 Å². The first kappa shape index (κ1) is 18.0. The lowest BCUT2D eigenvalue weighted by atomic mass is 10.0. The van der Waals surface area contributed by atoms with E-state index in [1.165, 1.54) is 0 Å². The fraction of sp³-hybridized carbons (Fsp3) is 0.684. The van der Waals surface area contributed by atoms with Gasteiger partial charge in [0.1, 0.15) is 0 Å². The zero-order chi connectivity index (χ0) is 19.0. The van der Waals surface area contributed by atoms with Crippen LogP contribution in [-0.2, 0) is 17.9 Å². The van der Waals surface area contributed by atoms with Gasteiger partial charge in [0.15, 0.2) is 11.6 Å². The molecule has 27 heavy (non-hydrogen) atoms. The summed E-state index contributed by atoms with van der Waals surface area (Å²) in [6.07, 6.45) is 8.89. The molecule has 146 valence electrons. The maximum Gasteiger partial charge on any atom is 0.320 e. The second-order valence-electron chi connectivity index (χ2n) is 7.91. The van der Waals surface area contributed by atoms with Crippen molar-refractivity contribution < 1.29 is 9.59 Å². The maximum atomic E-state index is 12.7. The molecule has 8 nitrogen and oxygen atoms in total. The molecular formula is C19H28N6O2. The zero-order valence-corrected chi connectivity index (χ0v) is 16.2. The summed E-state index contributed by atoms with van der Waals surface area (Å²) in [5.41, 5.74) is 0. The molecule has 1 aliphatic carbocycles. The van der Waals surface area contributed by atoms with Gasteiger partial charge in [0.05, 0.1) is 12.6 Å². The molecule has 4 rings (SSSR count). The number of amides is 3. The van der Waals surface area contributed by atoms with E-state index in [-0.39, 0.29) is 23.9 Å². The van der Waals surface area contributed by atoms with Crippen LogP contribution in [0.5, 0.6) is 0 Å². The third-order valence-corrected chi connectivity index (χ3v) is 5.88. The van der Waals surface area contributed by atoms with E-state index >= 15 is 0 Å². The van der Waals surface area contributed by atoms with Crippen molar-refractivity contribution in [3.05, 3.63) is 23.8 Å². The Kier molecular flexibility index (Phi) is 4.88. The van der Waals surface area contributed by atoms with E-state index < -0.39 is 0 Å². The highest BCUT2D eigenvalue weighted by atomic mass is 16.2. The van der Waals surface area contributed by atoms with Gasteiger partial charge in [0.25, 0.3) is 0 Å². The van der Waals surface area contributed by atoms with Crippen LogP contribution < -0.4 is 0 Å². The van der Waals surface area contributed by atoms with Crippen LogP contribution in [0.25, 0.3) is 0 Å². The minimum atomic E-state index is -0.0313. The fourth-order valence-corrected chi connectivity index (χ4v) is 4.38. The van der Waals surface area contributed by atoms with Gasteiger partial charge in [-0.3, -0.25) is 4.79 Å². The van der Waals surface area contributed by atoms with Crippen molar-refractivity contribution in [1.82, 2.24) is 29.5 Å². The van der Waals surface area contributed by atoms with Crippen molar-refractivity contribution in [2.24, 2.45) is 5.92 Å². The number of fused-ring (bicyclic) bond motifs is 1. The van der Waals surface area contributed by atoms with Gasteiger partial charge in [0.2, 0.25) is 5.91 Å². The smallest absolute Gasteiger partial charge is 0.320 e. The Hall–Kier alpha value is -2.38. The Morgan fingerprint density at radius 2 is 1.85 bits per heavy atom. The van der Waals surface area contributed by atoms with E-state index in [1.807, 2.05) is 9.80 Å². The summed E-state index contributed by atoms with van der Waals surface area (Å²) in [6, 6.07) is -0.00502. The molecule has 3 heterocycles. The number of carbonyl (C=O) groups is 2. The zero-order valence-electron chi connectivity index (χ0n) is 16.2. The van der Waals surface area contributed by atoms with Gasteiger partial charge in [-0.15, -0.1) is 10.2 Å². The number of rotatable bonds is 2. The molecule has 1 aromatic rings. The quantitative estimate of drug-likeness (QED) is 0.742. The molecule has 0 radical (unpaired) electrons. The van der Waals surface area contributed by atoms with Crippen LogP contribution in [-0.4, -0.2) is 68.6 Å². The fourth-order valence-electron chi connectivity index (χ4n) is 4.38. The maximum absolute atomic E-state index is 12.7. The third kappa shape index (κ3) is 3.33. The Morgan fingerprint density at radius 1 is 1.07 bits per heavy atom. The summed E-state index contributed by atoms with van der Waals surface area (Å²) in [4.78, 5) is 30.8. The van der Waals surface area contributed by atoms with E-state index in [4.69, 9.17) is 0 Å². The van der Waals surface area contributed by atoms with Gasteiger partial charge in [-0.05, 0) is 32.1 Å². The van der Waals surface area contributed by atoms with Gasteiger partial charge in [-0.1, -0.05) is 12.2 Å². The summed E-state index contributed by atoms with van der Waals surface area (Å²) < 4.78 is 2.13. The molecule has 1 fully saturated rings. The van der Waals surface area contributed by atoms with Crippen LogP contribution in [0.1, 0.15) is 49.8 Å². The molecular weight excluding hydrogens is 344 g/mol. The first-order valence-electron chi connectivity index (χ1n) is 9.90. The molecule has 2 aliphatic heterocycles. The molecule has 0 spiro atoms. The van der Waals surface area contributed by atoms with Gasteiger partial charge >= 0.3 is 6.03 Å². The summed E-state index contributed by atoms with van der Waals surface area (Å²) in [7, 11) is 3.57. The van der Waals surface area contributed by atoms with Crippen molar-refractivity contribution in [2.45, 2.75) is 51.2 Å². The van der Waals surface area contributed by atoms with E-state index in [1.54, 1.807) is 19.0 Å². The Bertz CT molecular complexity index is 747. The number of nitrogens with zero attached hydrogens (tertiary/aromatic N) is 6. The molecule has 1 atom stereocenters. The van der Waals surface area contributed by atoms with Crippen molar-refractivity contribution in [1.29, 1.82) is 0 Å². The number of allylic oxidation sites excluding steroid dienone is 2. The number of carbonyl (C=O) groups excluding carboxylic acids is 2. The Morgan fingerprint density at radius 3 is 2.59 bits per heavy atom. The van der Waals surface area contributed by atoms with Crippen molar-refractivity contribution in [2.75, 3.05) is 27.2 Å². The van der Waals surface area contributed by atoms with Crippen LogP contribution in [0.4, 0.5) is 4.79 Å². The summed E-state index contributed by atoms with van der Waals surface area (Å²) >= 11 is 0. The number of hydrogen-bond donors (Lipinski definition) is 0. The summed E-state index contributed by atoms with van der Waals surface area (Å²) in [6.45, 7) is 2.64. The molecule has 0 N–H and O–H groups in total. The molecule has 1 unspecified atom stereocenters. The molecule has 3 amide bonds. The predicted molar refractivity (Wildman–Crippen MR) is 99.7 cm³/mol. The highest BCUT2D eigenvalue weighted by Crippen LogP contribution is 2.32. The van der Waals surface area contributed by atoms with E-state index in [2.05, 4.69) is 26.9 Å². The standard InChI is InChI=1S/C19H28N6O2/c1-22(2)19(27)24-10-6-5-9-15(24)17-21-20-16-13-23(11-12-25(16)17)18(26)14-7-3-4-8-14/h3-4,14-15H,5-13H2,1-2H3. The lowest BCUT2D eigenvalue weighted by Gasteiger charge is -2.37. The molecule has 8 heteroatoms. The Balaban J connectivity index is 1.52. The average molecular weight is 372 g/mol. The van der Waals surface area contributed by atoms with E-state index in [0.717, 1.165) is 50.3 Å². The van der Waals surface area contributed by atoms with Crippen molar-refractivity contribution in [3.8, 4) is 0 Å². The number of aromatic nitrogens is 3. The van der Waals surface area contributed by atoms with Crippen LogP contribution in [0.15, 0.2) is 12.2 Å². The van der Waals surface area contributed by atoms with Gasteiger partial charge in [0, 0.05) is 39.6 Å². The minimum Gasteiger partial charge on any atom is -0.333 e. The topological polar surface area (TPSA) is 74.6 Å². The molecule has 0 bridgehead atoms. The first-order valence-corrected chi connectivity index (χ1v) is 9.90. The number of likely N-dealkylation sites (tertiary alicyclic amines) is 1. The number of piperidine rings is 1. The normalized spacial score (nSPS) is 22.8. The van der Waals surface area contributed by atoms with Crippen LogP contribution in [0.3, 0.4) is 0 Å². The second kappa shape index (κ2) is 7.32. The van der Waals surface area contributed by atoms with Crippen LogP contribution >= 0.6 is 0 Å². The first-order chi connectivity index (χ1) is 13.1. The third-order valence-electron chi connectivity index (χ3n) is 5.88. The summed E-state index contributed by atoms with van der Waals surface area (Å²) in [5.74, 6) is 2.01. The SMILES string of the molecule is CN(C)C(=O)N1CCCCC1c1nnc2n1CCN(C(=O)C1CC=CC1)C2. The van der Waals surface area contributed by atoms with Crippen molar-refractivity contribution in [3.63, 3.8) is 0 Å². The number of urea groups is 1. The second-order valence-corrected chi connectivity index (χ2v) is 7.91. The van der Waals surface area contributed by atoms with Crippen LogP contribution in [0.2, 0.25) is 0 Å². The van der Waals surface area contributed by atoms with Crippen molar-refractivity contribution >= 4 is 11.9 Å². The average Bonchev–Trinajstić information content (AvgIpc) is 3.36. The Labute approximate surface area is 159 Å². The van der Waals surface area contributed by atoms with Gasteiger partial charge < -0.3 is 19.3 Å². The van der Waals surface area contributed by atoms with E-state index in [0.29, 0.717) is 19.6 Å². The highest BCUT2D eigenvalue weighted by molar-refractivity contribution is 5.79. The van der Waals surface area contributed by atoms with Gasteiger partial charge in [-0.2, -0.15) is 0 Å². The molecule has 1 saturated heterocycles. The molecule has 0 saturated carbocycles. The molecule has 0 aromatic carbocycles. The highest BCUT2D eigenvalue weighted by Gasteiger charge is 2.35. The summed E-state index contributed by atoms with van der Waals surface area (Å²) in [5, 5.41) is 8.84. The van der Waals surface area contributed by atoms with E-state index in [9.17, 15) is 9.59 Å². The number of hydrogen-bond acceptors (Lipinski definition) is 4. The minimum absolute atomic E-state index is 0.0263. The molecule has 3 aliphatic rings. The van der Waals surface area contributed by atoms with Crippen LogP contribution in [0, 0.1) is 5.92 Å². The molecule has 1 aromatic heterocycles. The predicted octanol–water partition coefficient (Wildman–Crippen LogP) is 1.80. The largest absolute Gasteiger partial charge is 0.333 e. The monoisotopic (exact) mass is 372 g/mol. The lowest BCUT2D eigenvalue weighted by molar-refractivity contribution is -0.136. The lowest BCUT2D eigenvalue weighted by Crippen LogP contribution is -2.46.